The molecule has 7 nitrogen and oxygen atoms in total. The summed E-state index contributed by atoms with van der Waals surface area (Å²) in [6.07, 6.45) is 6.86. The van der Waals surface area contributed by atoms with E-state index in [2.05, 4.69) is 21.5 Å². The van der Waals surface area contributed by atoms with Crippen molar-refractivity contribution in [2.24, 2.45) is 0 Å². The molecule has 0 amide bonds. The van der Waals surface area contributed by atoms with Crippen molar-refractivity contribution in [3.8, 4) is 22.9 Å². The standard InChI is InChI=1S/C18H17N5O2/c19-7-14-9-22-23-11-15(25-12-16-10-21-4-5-24-16)6-17(18(14)23)13-2-1-3-20-8-13/h1-3,6,8-9,11,16,21H,4-5,10,12H2. The molecule has 1 atom stereocenters. The van der Waals surface area contributed by atoms with E-state index in [0.29, 0.717) is 24.5 Å². The molecule has 0 aromatic carbocycles. The number of fused-ring (bicyclic) bond motifs is 1. The minimum Gasteiger partial charge on any atom is -0.489 e. The maximum Gasteiger partial charge on any atom is 0.138 e. The van der Waals surface area contributed by atoms with E-state index in [1.807, 2.05) is 18.2 Å². The average Bonchev–Trinajstić information content (AvgIpc) is 3.10. The van der Waals surface area contributed by atoms with Crippen molar-refractivity contribution in [3.05, 3.63) is 48.5 Å². The van der Waals surface area contributed by atoms with Gasteiger partial charge in [0.05, 0.1) is 30.1 Å². The van der Waals surface area contributed by atoms with Gasteiger partial charge in [-0.25, -0.2) is 4.52 Å². The minimum atomic E-state index is 0.0265. The fourth-order valence-corrected chi connectivity index (χ4v) is 2.92. The van der Waals surface area contributed by atoms with Gasteiger partial charge in [0.15, 0.2) is 0 Å². The summed E-state index contributed by atoms with van der Waals surface area (Å²) >= 11 is 0. The third-order valence-electron chi connectivity index (χ3n) is 4.12. The molecular weight excluding hydrogens is 318 g/mol. The molecule has 4 rings (SSSR count). The third kappa shape index (κ3) is 3.18. The molecule has 1 aliphatic heterocycles. The number of nitriles is 1. The molecule has 1 aliphatic rings. The van der Waals surface area contributed by atoms with Gasteiger partial charge in [-0.2, -0.15) is 10.4 Å². The van der Waals surface area contributed by atoms with Crippen LogP contribution < -0.4 is 10.1 Å². The molecule has 0 spiro atoms. The van der Waals surface area contributed by atoms with Crippen LogP contribution in [-0.4, -0.2) is 47.0 Å². The van der Waals surface area contributed by atoms with Crippen LogP contribution in [0, 0.1) is 11.3 Å². The van der Waals surface area contributed by atoms with Crippen LogP contribution in [0.15, 0.2) is 43.0 Å². The SMILES string of the molecule is N#Cc1cnn2cc(OCC3CNCCO3)cc(-c3cccnc3)c12. The van der Waals surface area contributed by atoms with Gasteiger partial charge in [-0.1, -0.05) is 6.07 Å². The molecule has 0 aliphatic carbocycles. The Morgan fingerprint density at radius 3 is 3.16 bits per heavy atom. The van der Waals surface area contributed by atoms with Crippen LogP contribution in [0.4, 0.5) is 0 Å². The van der Waals surface area contributed by atoms with Gasteiger partial charge in [-0.3, -0.25) is 4.98 Å². The van der Waals surface area contributed by atoms with Crippen molar-refractivity contribution in [2.45, 2.75) is 6.10 Å². The van der Waals surface area contributed by atoms with E-state index >= 15 is 0 Å². The summed E-state index contributed by atoms with van der Waals surface area (Å²) < 4.78 is 13.3. The summed E-state index contributed by atoms with van der Waals surface area (Å²) in [6.45, 7) is 2.80. The maximum absolute atomic E-state index is 9.37. The second kappa shape index (κ2) is 6.89. The van der Waals surface area contributed by atoms with Crippen molar-refractivity contribution < 1.29 is 9.47 Å². The molecule has 25 heavy (non-hydrogen) atoms. The van der Waals surface area contributed by atoms with E-state index in [1.165, 1.54) is 0 Å². The summed E-state index contributed by atoms with van der Waals surface area (Å²) in [5, 5.41) is 16.9. The monoisotopic (exact) mass is 335 g/mol. The summed E-state index contributed by atoms with van der Waals surface area (Å²) in [4.78, 5) is 4.18. The first-order valence-corrected chi connectivity index (χ1v) is 8.12. The summed E-state index contributed by atoms with van der Waals surface area (Å²) in [5.41, 5.74) is 3.04. The van der Waals surface area contributed by atoms with Crippen LogP contribution in [0.5, 0.6) is 5.75 Å². The van der Waals surface area contributed by atoms with E-state index < -0.39 is 0 Å². The summed E-state index contributed by atoms with van der Waals surface area (Å²) in [6, 6.07) is 7.93. The van der Waals surface area contributed by atoms with E-state index in [0.717, 1.165) is 29.7 Å². The first-order chi connectivity index (χ1) is 12.3. The predicted molar refractivity (Wildman–Crippen MR) is 91.2 cm³/mol. The van der Waals surface area contributed by atoms with Crippen molar-refractivity contribution in [3.63, 3.8) is 0 Å². The highest BCUT2D eigenvalue weighted by molar-refractivity contribution is 5.84. The van der Waals surface area contributed by atoms with Gasteiger partial charge in [-0.05, 0) is 12.1 Å². The Kier molecular flexibility index (Phi) is 4.29. The minimum absolute atomic E-state index is 0.0265. The molecule has 0 radical (unpaired) electrons. The van der Waals surface area contributed by atoms with Gasteiger partial charge >= 0.3 is 0 Å². The second-order valence-corrected chi connectivity index (χ2v) is 5.80. The highest BCUT2D eigenvalue weighted by atomic mass is 16.5. The molecule has 4 heterocycles. The number of hydrogen-bond acceptors (Lipinski definition) is 6. The topological polar surface area (TPSA) is 84.5 Å². The van der Waals surface area contributed by atoms with Gasteiger partial charge in [0.2, 0.25) is 0 Å². The van der Waals surface area contributed by atoms with E-state index in [-0.39, 0.29) is 6.10 Å². The number of aromatic nitrogens is 3. The zero-order valence-corrected chi connectivity index (χ0v) is 13.6. The van der Waals surface area contributed by atoms with Crippen LogP contribution >= 0.6 is 0 Å². The molecule has 3 aromatic heterocycles. The van der Waals surface area contributed by atoms with Crippen LogP contribution in [-0.2, 0) is 4.74 Å². The highest BCUT2D eigenvalue weighted by Gasteiger charge is 2.16. The fraction of sp³-hybridized carbons (Fsp3) is 0.278. The van der Waals surface area contributed by atoms with Gasteiger partial charge < -0.3 is 14.8 Å². The van der Waals surface area contributed by atoms with Crippen molar-refractivity contribution in [1.82, 2.24) is 19.9 Å². The van der Waals surface area contributed by atoms with Crippen LogP contribution in [0.25, 0.3) is 16.6 Å². The Morgan fingerprint density at radius 1 is 1.44 bits per heavy atom. The van der Waals surface area contributed by atoms with Crippen LogP contribution in [0.3, 0.4) is 0 Å². The van der Waals surface area contributed by atoms with Crippen molar-refractivity contribution >= 4 is 5.52 Å². The summed E-state index contributed by atoms with van der Waals surface area (Å²) in [7, 11) is 0. The maximum atomic E-state index is 9.37. The number of morpholine rings is 1. The first kappa shape index (κ1) is 15.6. The molecule has 3 aromatic rings. The Bertz CT molecular complexity index is 910. The summed E-state index contributed by atoms with van der Waals surface area (Å²) in [5.74, 6) is 0.674. The molecule has 7 heteroatoms. The van der Waals surface area contributed by atoms with E-state index in [1.54, 1.807) is 29.3 Å². The van der Waals surface area contributed by atoms with Gasteiger partial charge in [-0.15, -0.1) is 0 Å². The Labute approximate surface area is 144 Å². The molecule has 1 unspecified atom stereocenters. The van der Waals surface area contributed by atoms with Crippen LogP contribution in [0.2, 0.25) is 0 Å². The lowest BCUT2D eigenvalue weighted by Gasteiger charge is -2.23. The van der Waals surface area contributed by atoms with Crippen LogP contribution in [0.1, 0.15) is 5.56 Å². The first-order valence-electron chi connectivity index (χ1n) is 8.12. The van der Waals surface area contributed by atoms with E-state index in [4.69, 9.17) is 9.47 Å². The molecule has 1 saturated heterocycles. The number of rotatable bonds is 4. The molecule has 0 bridgehead atoms. The lowest BCUT2D eigenvalue weighted by molar-refractivity contribution is 0.000108. The second-order valence-electron chi connectivity index (χ2n) is 5.80. The molecule has 1 N–H and O–H groups in total. The average molecular weight is 335 g/mol. The number of pyridine rings is 2. The fourth-order valence-electron chi connectivity index (χ4n) is 2.92. The lowest BCUT2D eigenvalue weighted by Crippen LogP contribution is -2.41. The number of nitrogens with zero attached hydrogens (tertiary/aromatic N) is 4. The third-order valence-corrected chi connectivity index (χ3v) is 4.12. The quantitative estimate of drug-likeness (QED) is 0.780. The zero-order chi connectivity index (χ0) is 17.1. The smallest absolute Gasteiger partial charge is 0.138 e. The van der Waals surface area contributed by atoms with Crippen molar-refractivity contribution in [1.29, 1.82) is 5.26 Å². The Hall–Kier alpha value is -2.95. The van der Waals surface area contributed by atoms with Gasteiger partial charge in [0.25, 0.3) is 0 Å². The highest BCUT2D eigenvalue weighted by Crippen LogP contribution is 2.30. The number of ether oxygens (including phenoxy) is 2. The van der Waals surface area contributed by atoms with Gasteiger partial charge in [0.1, 0.15) is 24.5 Å². The largest absolute Gasteiger partial charge is 0.489 e. The number of nitrogens with one attached hydrogen (secondary N) is 1. The normalized spacial score (nSPS) is 17.3. The predicted octanol–water partition coefficient (Wildman–Crippen LogP) is 1.64. The molecular formula is C18H17N5O2. The zero-order valence-electron chi connectivity index (χ0n) is 13.6. The Balaban J connectivity index is 1.70. The van der Waals surface area contributed by atoms with Gasteiger partial charge in [0, 0.05) is 36.6 Å². The number of hydrogen-bond donors (Lipinski definition) is 1. The van der Waals surface area contributed by atoms with Crippen molar-refractivity contribution in [2.75, 3.05) is 26.3 Å². The molecule has 1 fully saturated rings. The Morgan fingerprint density at radius 2 is 2.40 bits per heavy atom. The molecule has 0 saturated carbocycles. The van der Waals surface area contributed by atoms with E-state index in [9.17, 15) is 5.26 Å². The molecule has 126 valence electrons. The lowest BCUT2D eigenvalue weighted by atomic mass is 10.1.